The largest absolute Gasteiger partial charge is 0.488 e. The molecule has 1 aliphatic heterocycles. The molecule has 16 heavy (non-hydrogen) atoms. The second-order valence-corrected chi connectivity index (χ2v) is 4.97. The monoisotopic (exact) mass is 221 g/mol. The number of rotatable bonds is 0. The SMILES string of the molecule is Fc1cccc2c1OCC1(CCCC1)CN2. The maximum atomic E-state index is 13.6. The third kappa shape index (κ3) is 1.55. The molecule has 1 aromatic rings. The molecule has 3 rings (SSSR count). The lowest BCUT2D eigenvalue weighted by Gasteiger charge is -2.25. The van der Waals surface area contributed by atoms with E-state index in [1.54, 1.807) is 6.07 Å². The quantitative estimate of drug-likeness (QED) is 0.726. The molecule has 1 N–H and O–H groups in total. The minimum atomic E-state index is -0.264. The highest BCUT2D eigenvalue weighted by Crippen LogP contribution is 2.42. The molecule has 1 fully saturated rings. The van der Waals surface area contributed by atoms with Gasteiger partial charge in [0.05, 0.1) is 12.3 Å². The Labute approximate surface area is 94.8 Å². The normalized spacial score (nSPS) is 22.1. The topological polar surface area (TPSA) is 21.3 Å². The molecule has 1 aliphatic carbocycles. The first-order valence-corrected chi connectivity index (χ1v) is 5.94. The number of benzene rings is 1. The first-order valence-electron chi connectivity index (χ1n) is 5.94. The number of anilines is 1. The lowest BCUT2D eigenvalue weighted by Crippen LogP contribution is -2.30. The van der Waals surface area contributed by atoms with Crippen molar-refractivity contribution in [1.29, 1.82) is 0 Å². The van der Waals surface area contributed by atoms with Crippen LogP contribution < -0.4 is 10.1 Å². The summed E-state index contributed by atoms with van der Waals surface area (Å²) in [7, 11) is 0. The van der Waals surface area contributed by atoms with E-state index in [0.717, 1.165) is 12.2 Å². The van der Waals surface area contributed by atoms with E-state index in [1.165, 1.54) is 31.7 Å². The van der Waals surface area contributed by atoms with Crippen LogP contribution in [0, 0.1) is 11.2 Å². The molecule has 1 spiro atoms. The van der Waals surface area contributed by atoms with Crippen molar-refractivity contribution in [3.63, 3.8) is 0 Å². The zero-order valence-electron chi connectivity index (χ0n) is 9.26. The van der Waals surface area contributed by atoms with Gasteiger partial charge in [-0.25, -0.2) is 4.39 Å². The van der Waals surface area contributed by atoms with Crippen LogP contribution in [0.1, 0.15) is 25.7 Å². The van der Waals surface area contributed by atoms with E-state index in [0.29, 0.717) is 12.4 Å². The van der Waals surface area contributed by atoms with Gasteiger partial charge in [0.2, 0.25) is 0 Å². The number of fused-ring (bicyclic) bond motifs is 1. The van der Waals surface area contributed by atoms with Crippen LogP contribution in [-0.2, 0) is 0 Å². The summed E-state index contributed by atoms with van der Waals surface area (Å²) in [5.74, 6) is 0.131. The Bertz CT molecular complexity index is 399. The minimum Gasteiger partial charge on any atom is -0.488 e. The molecular formula is C13H16FNO. The predicted molar refractivity (Wildman–Crippen MR) is 61.3 cm³/mol. The number of hydrogen-bond acceptors (Lipinski definition) is 2. The Balaban J connectivity index is 1.89. The van der Waals surface area contributed by atoms with Crippen molar-refractivity contribution in [3.8, 4) is 5.75 Å². The van der Waals surface area contributed by atoms with Gasteiger partial charge in [-0.1, -0.05) is 18.9 Å². The average molecular weight is 221 g/mol. The van der Waals surface area contributed by atoms with Gasteiger partial charge in [0, 0.05) is 12.0 Å². The van der Waals surface area contributed by atoms with Crippen LogP contribution in [0.2, 0.25) is 0 Å². The van der Waals surface area contributed by atoms with E-state index < -0.39 is 0 Å². The van der Waals surface area contributed by atoms with Crippen LogP contribution in [0.25, 0.3) is 0 Å². The zero-order chi connectivity index (χ0) is 11.0. The fourth-order valence-corrected chi connectivity index (χ4v) is 2.80. The number of para-hydroxylation sites is 1. The maximum Gasteiger partial charge on any atom is 0.178 e. The van der Waals surface area contributed by atoms with Gasteiger partial charge in [-0.3, -0.25) is 0 Å². The Kier molecular flexibility index (Phi) is 2.27. The van der Waals surface area contributed by atoms with E-state index in [9.17, 15) is 4.39 Å². The second-order valence-electron chi connectivity index (χ2n) is 4.97. The van der Waals surface area contributed by atoms with Crippen LogP contribution in [0.5, 0.6) is 5.75 Å². The Morgan fingerprint density at radius 1 is 1.25 bits per heavy atom. The highest BCUT2D eigenvalue weighted by atomic mass is 19.1. The molecule has 0 aromatic heterocycles. The zero-order valence-corrected chi connectivity index (χ0v) is 9.26. The fraction of sp³-hybridized carbons (Fsp3) is 0.538. The summed E-state index contributed by atoms with van der Waals surface area (Å²) in [5.41, 5.74) is 1.02. The van der Waals surface area contributed by atoms with E-state index in [-0.39, 0.29) is 11.2 Å². The lowest BCUT2D eigenvalue weighted by atomic mass is 9.87. The van der Waals surface area contributed by atoms with Gasteiger partial charge >= 0.3 is 0 Å². The molecule has 0 unspecified atom stereocenters. The van der Waals surface area contributed by atoms with Crippen molar-refractivity contribution in [3.05, 3.63) is 24.0 Å². The molecule has 0 atom stereocenters. The molecule has 0 radical (unpaired) electrons. The molecule has 2 nitrogen and oxygen atoms in total. The highest BCUT2D eigenvalue weighted by molar-refractivity contribution is 5.57. The molecule has 1 aromatic carbocycles. The smallest absolute Gasteiger partial charge is 0.178 e. The molecule has 1 saturated carbocycles. The van der Waals surface area contributed by atoms with E-state index >= 15 is 0 Å². The van der Waals surface area contributed by atoms with E-state index in [2.05, 4.69) is 5.32 Å². The van der Waals surface area contributed by atoms with Gasteiger partial charge in [0.25, 0.3) is 0 Å². The maximum absolute atomic E-state index is 13.6. The van der Waals surface area contributed by atoms with Crippen molar-refractivity contribution >= 4 is 5.69 Å². The number of nitrogens with one attached hydrogen (secondary N) is 1. The summed E-state index contributed by atoms with van der Waals surface area (Å²) < 4.78 is 19.2. The first-order chi connectivity index (χ1) is 7.79. The summed E-state index contributed by atoms with van der Waals surface area (Å²) in [6, 6.07) is 5.05. The molecule has 0 bridgehead atoms. The predicted octanol–water partition coefficient (Wildman–Crippen LogP) is 3.19. The molecule has 3 heteroatoms. The Morgan fingerprint density at radius 2 is 2.06 bits per heavy atom. The third-order valence-electron chi connectivity index (χ3n) is 3.81. The molecular weight excluding hydrogens is 205 g/mol. The summed E-state index contributed by atoms with van der Waals surface area (Å²) in [4.78, 5) is 0. The fourth-order valence-electron chi connectivity index (χ4n) is 2.80. The number of hydrogen-bond donors (Lipinski definition) is 1. The minimum absolute atomic E-state index is 0.228. The Hall–Kier alpha value is -1.25. The van der Waals surface area contributed by atoms with Crippen LogP contribution in [0.4, 0.5) is 10.1 Å². The van der Waals surface area contributed by atoms with Crippen LogP contribution in [0.3, 0.4) is 0 Å². The summed E-state index contributed by atoms with van der Waals surface area (Å²) in [6.07, 6.45) is 4.92. The van der Waals surface area contributed by atoms with Gasteiger partial charge in [-0.05, 0) is 25.0 Å². The van der Waals surface area contributed by atoms with Crippen molar-refractivity contribution in [1.82, 2.24) is 0 Å². The van der Waals surface area contributed by atoms with Crippen LogP contribution in [0.15, 0.2) is 18.2 Å². The van der Waals surface area contributed by atoms with Gasteiger partial charge in [0.15, 0.2) is 11.6 Å². The Morgan fingerprint density at radius 3 is 2.88 bits per heavy atom. The first kappa shape index (κ1) is 9.94. The van der Waals surface area contributed by atoms with Crippen molar-refractivity contribution in [2.75, 3.05) is 18.5 Å². The molecule has 2 aliphatic rings. The van der Waals surface area contributed by atoms with Crippen molar-refractivity contribution in [2.24, 2.45) is 5.41 Å². The van der Waals surface area contributed by atoms with Gasteiger partial charge in [-0.2, -0.15) is 0 Å². The highest BCUT2D eigenvalue weighted by Gasteiger charge is 2.36. The number of halogens is 1. The third-order valence-corrected chi connectivity index (χ3v) is 3.81. The van der Waals surface area contributed by atoms with Crippen molar-refractivity contribution in [2.45, 2.75) is 25.7 Å². The standard InChI is InChI=1S/C13H16FNO/c14-10-4-3-5-11-12(10)16-9-13(8-15-11)6-1-2-7-13/h3-5,15H,1-2,6-9H2. The molecule has 0 saturated heterocycles. The van der Waals surface area contributed by atoms with E-state index in [1.807, 2.05) is 6.07 Å². The van der Waals surface area contributed by atoms with Gasteiger partial charge in [-0.15, -0.1) is 0 Å². The van der Waals surface area contributed by atoms with Gasteiger partial charge < -0.3 is 10.1 Å². The summed E-state index contributed by atoms with van der Waals surface area (Å²) in [5, 5.41) is 3.33. The van der Waals surface area contributed by atoms with Crippen LogP contribution >= 0.6 is 0 Å². The summed E-state index contributed by atoms with van der Waals surface area (Å²) >= 11 is 0. The van der Waals surface area contributed by atoms with Crippen molar-refractivity contribution < 1.29 is 9.13 Å². The second kappa shape index (κ2) is 3.65. The van der Waals surface area contributed by atoms with Crippen LogP contribution in [-0.4, -0.2) is 13.2 Å². The van der Waals surface area contributed by atoms with Gasteiger partial charge in [0.1, 0.15) is 0 Å². The molecule has 0 amide bonds. The average Bonchev–Trinajstić information content (AvgIpc) is 2.65. The summed E-state index contributed by atoms with van der Waals surface area (Å²) in [6.45, 7) is 1.55. The lowest BCUT2D eigenvalue weighted by molar-refractivity contribution is 0.164. The molecule has 86 valence electrons. The molecule has 1 heterocycles. The number of ether oxygens (including phenoxy) is 1. The van der Waals surface area contributed by atoms with E-state index in [4.69, 9.17) is 4.74 Å².